The van der Waals surface area contributed by atoms with Gasteiger partial charge >= 0.3 is 5.97 Å². The van der Waals surface area contributed by atoms with Crippen LogP contribution in [0.3, 0.4) is 0 Å². The summed E-state index contributed by atoms with van der Waals surface area (Å²) >= 11 is 0. The molecule has 0 aliphatic rings. The van der Waals surface area contributed by atoms with Gasteiger partial charge in [-0.1, -0.05) is 26.7 Å². The maximum absolute atomic E-state index is 10.7. The Morgan fingerprint density at radius 1 is 1.24 bits per heavy atom. The minimum Gasteiger partial charge on any atom is -0.492 e. The van der Waals surface area contributed by atoms with Crippen molar-refractivity contribution in [1.82, 2.24) is 5.32 Å². The molecule has 118 valence electrons. The van der Waals surface area contributed by atoms with Crippen molar-refractivity contribution < 1.29 is 19.7 Å². The van der Waals surface area contributed by atoms with E-state index in [9.17, 15) is 9.90 Å². The second-order valence-corrected chi connectivity index (χ2v) is 5.03. The van der Waals surface area contributed by atoms with Gasteiger partial charge in [0.2, 0.25) is 0 Å². The average molecular weight is 295 g/mol. The standard InChI is InChI=1S/C16H25NO4/c1-3-12(4-2)15(18)11-17-9-10-21-14-7-5-13(6-8-14)16(19)20/h5-8,12,15,17-18H,3-4,9-11H2,1-2H3,(H,19,20). The van der Waals surface area contributed by atoms with Crippen molar-refractivity contribution in [3.8, 4) is 5.75 Å². The molecule has 1 unspecified atom stereocenters. The lowest BCUT2D eigenvalue weighted by Crippen LogP contribution is -2.34. The van der Waals surface area contributed by atoms with Crippen molar-refractivity contribution in [2.45, 2.75) is 32.8 Å². The molecule has 1 rings (SSSR count). The Hall–Kier alpha value is -1.59. The molecule has 0 bridgehead atoms. The van der Waals surface area contributed by atoms with Gasteiger partial charge in [0.15, 0.2) is 0 Å². The first-order valence-corrected chi connectivity index (χ1v) is 7.43. The summed E-state index contributed by atoms with van der Waals surface area (Å²) in [5, 5.41) is 21.9. The van der Waals surface area contributed by atoms with Crippen LogP contribution in [-0.2, 0) is 0 Å². The number of hydrogen-bond donors (Lipinski definition) is 3. The van der Waals surface area contributed by atoms with Gasteiger partial charge < -0.3 is 20.3 Å². The van der Waals surface area contributed by atoms with Crippen molar-refractivity contribution in [3.05, 3.63) is 29.8 Å². The highest BCUT2D eigenvalue weighted by Crippen LogP contribution is 2.13. The van der Waals surface area contributed by atoms with Crippen LogP contribution in [0.15, 0.2) is 24.3 Å². The molecule has 1 aromatic carbocycles. The first-order valence-electron chi connectivity index (χ1n) is 7.43. The first kappa shape index (κ1) is 17.5. The molecule has 5 nitrogen and oxygen atoms in total. The molecular formula is C16H25NO4. The number of aliphatic hydroxyl groups excluding tert-OH is 1. The maximum atomic E-state index is 10.7. The summed E-state index contributed by atoms with van der Waals surface area (Å²) in [6, 6.07) is 6.31. The number of aliphatic hydroxyl groups is 1. The van der Waals surface area contributed by atoms with Crippen LogP contribution in [0.2, 0.25) is 0 Å². The lowest BCUT2D eigenvalue weighted by atomic mass is 9.97. The fraction of sp³-hybridized carbons (Fsp3) is 0.562. The van der Waals surface area contributed by atoms with Crippen LogP contribution in [0.5, 0.6) is 5.75 Å². The molecule has 0 fully saturated rings. The van der Waals surface area contributed by atoms with E-state index in [4.69, 9.17) is 9.84 Å². The minimum absolute atomic E-state index is 0.244. The summed E-state index contributed by atoms with van der Waals surface area (Å²) in [4.78, 5) is 10.7. The molecule has 5 heteroatoms. The molecule has 0 saturated carbocycles. The zero-order chi connectivity index (χ0) is 15.7. The highest BCUT2D eigenvalue weighted by molar-refractivity contribution is 5.87. The van der Waals surface area contributed by atoms with Gasteiger partial charge in [-0.3, -0.25) is 0 Å². The molecule has 0 aliphatic carbocycles. The van der Waals surface area contributed by atoms with E-state index in [1.807, 2.05) is 0 Å². The Morgan fingerprint density at radius 2 is 1.86 bits per heavy atom. The molecule has 0 saturated heterocycles. The third-order valence-electron chi connectivity index (χ3n) is 3.60. The molecule has 0 heterocycles. The molecular weight excluding hydrogens is 270 g/mol. The van der Waals surface area contributed by atoms with Gasteiger partial charge in [0.25, 0.3) is 0 Å². The highest BCUT2D eigenvalue weighted by Gasteiger charge is 2.14. The van der Waals surface area contributed by atoms with E-state index in [-0.39, 0.29) is 11.7 Å². The van der Waals surface area contributed by atoms with E-state index in [1.54, 1.807) is 12.1 Å². The predicted molar refractivity (Wildman–Crippen MR) is 81.8 cm³/mol. The Bertz CT molecular complexity index is 415. The number of aromatic carboxylic acids is 1. The summed E-state index contributed by atoms with van der Waals surface area (Å²) < 4.78 is 5.50. The van der Waals surface area contributed by atoms with Gasteiger partial charge in [-0.05, 0) is 30.2 Å². The number of hydrogen-bond acceptors (Lipinski definition) is 4. The lowest BCUT2D eigenvalue weighted by Gasteiger charge is -2.20. The molecule has 0 amide bonds. The number of carboxylic acids is 1. The predicted octanol–water partition coefficient (Wildman–Crippen LogP) is 2.15. The summed E-state index contributed by atoms with van der Waals surface area (Å²) in [7, 11) is 0. The van der Waals surface area contributed by atoms with Gasteiger partial charge in [-0.25, -0.2) is 4.79 Å². The lowest BCUT2D eigenvalue weighted by molar-refractivity contribution is 0.0697. The summed E-state index contributed by atoms with van der Waals surface area (Å²) in [5.74, 6) is 0.0305. The molecule has 21 heavy (non-hydrogen) atoms. The van der Waals surface area contributed by atoms with E-state index in [1.165, 1.54) is 12.1 Å². The van der Waals surface area contributed by atoms with E-state index in [0.717, 1.165) is 12.8 Å². The Balaban J connectivity index is 2.20. The Kier molecular flexibility index (Phi) is 7.79. The topological polar surface area (TPSA) is 78.8 Å². The highest BCUT2D eigenvalue weighted by atomic mass is 16.5. The van der Waals surface area contributed by atoms with Crippen molar-refractivity contribution in [2.24, 2.45) is 5.92 Å². The van der Waals surface area contributed by atoms with Gasteiger partial charge in [0, 0.05) is 13.1 Å². The maximum Gasteiger partial charge on any atom is 0.335 e. The number of rotatable bonds is 10. The average Bonchev–Trinajstić information content (AvgIpc) is 2.48. The number of nitrogens with one attached hydrogen (secondary N) is 1. The Morgan fingerprint density at radius 3 is 2.38 bits per heavy atom. The van der Waals surface area contributed by atoms with Crippen molar-refractivity contribution in [2.75, 3.05) is 19.7 Å². The first-order chi connectivity index (χ1) is 10.1. The number of ether oxygens (including phenoxy) is 1. The van der Waals surface area contributed by atoms with Crippen LogP contribution >= 0.6 is 0 Å². The van der Waals surface area contributed by atoms with Crippen molar-refractivity contribution in [1.29, 1.82) is 0 Å². The van der Waals surface area contributed by atoms with Crippen LogP contribution in [0.1, 0.15) is 37.0 Å². The molecule has 0 aliphatic heterocycles. The van der Waals surface area contributed by atoms with E-state index < -0.39 is 5.97 Å². The fourth-order valence-electron chi connectivity index (χ4n) is 2.18. The van der Waals surface area contributed by atoms with Gasteiger partial charge in [0.1, 0.15) is 12.4 Å². The number of benzene rings is 1. The number of carboxylic acid groups (broad SMARTS) is 1. The summed E-state index contributed by atoms with van der Waals surface area (Å²) in [6.07, 6.45) is 1.63. The van der Waals surface area contributed by atoms with E-state index >= 15 is 0 Å². The summed E-state index contributed by atoms with van der Waals surface area (Å²) in [5.41, 5.74) is 0.244. The smallest absolute Gasteiger partial charge is 0.335 e. The Labute approximate surface area is 125 Å². The largest absolute Gasteiger partial charge is 0.492 e. The summed E-state index contributed by atoms with van der Waals surface area (Å²) in [6.45, 7) is 5.84. The van der Waals surface area contributed by atoms with E-state index in [0.29, 0.717) is 31.4 Å². The third kappa shape index (κ3) is 6.14. The van der Waals surface area contributed by atoms with Gasteiger partial charge in [-0.2, -0.15) is 0 Å². The van der Waals surface area contributed by atoms with Crippen LogP contribution in [0, 0.1) is 5.92 Å². The van der Waals surface area contributed by atoms with Crippen LogP contribution < -0.4 is 10.1 Å². The van der Waals surface area contributed by atoms with E-state index in [2.05, 4.69) is 19.2 Å². The second-order valence-electron chi connectivity index (χ2n) is 5.03. The van der Waals surface area contributed by atoms with Gasteiger partial charge in [-0.15, -0.1) is 0 Å². The zero-order valence-electron chi connectivity index (χ0n) is 12.7. The fourth-order valence-corrected chi connectivity index (χ4v) is 2.18. The molecule has 1 atom stereocenters. The zero-order valence-corrected chi connectivity index (χ0v) is 12.7. The molecule has 0 spiro atoms. The van der Waals surface area contributed by atoms with Crippen molar-refractivity contribution in [3.63, 3.8) is 0 Å². The molecule has 0 radical (unpaired) electrons. The monoisotopic (exact) mass is 295 g/mol. The molecule has 0 aromatic heterocycles. The minimum atomic E-state index is -0.946. The normalized spacial score (nSPS) is 12.4. The van der Waals surface area contributed by atoms with Crippen molar-refractivity contribution >= 4 is 5.97 Å². The van der Waals surface area contributed by atoms with Crippen LogP contribution in [-0.4, -0.2) is 42.0 Å². The van der Waals surface area contributed by atoms with Gasteiger partial charge in [0.05, 0.1) is 11.7 Å². The molecule has 1 aromatic rings. The third-order valence-corrected chi connectivity index (χ3v) is 3.60. The quantitative estimate of drug-likeness (QED) is 0.576. The van der Waals surface area contributed by atoms with Crippen LogP contribution in [0.25, 0.3) is 0 Å². The SMILES string of the molecule is CCC(CC)C(O)CNCCOc1ccc(C(=O)O)cc1. The van der Waals surface area contributed by atoms with Crippen LogP contribution in [0.4, 0.5) is 0 Å². The number of carbonyl (C=O) groups is 1. The second kappa shape index (κ2) is 9.37. The molecule has 3 N–H and O–H groups in total.